The maximum atomic E-state index is 12.5. The summed E-state index contributed by atoms with van der Waals surface area (Å²) >= 11 is 0. The van der Waals surface area contributed by atoms with Crippen LogP contribution in [0.5, 0.6) is 0 Å². The Labute approximate surface area is 129 Å². The number of rotatable bonds is 5. The highest BCUT2D eigenvalue weighted by atomic mass is 16.5. The largest absolute Gasteiger partial charge is 0.465 e. The van der Waals surface area contributed by atoms with Gasteiger partial charge in [-0.25, -0.2) is 9.59 Å². The van der Waals surface area contributed by atoms with Crippen molar-refractivity contribution in [3.05, 3.63) is 35.4 Å². The molecule has 1 fully saturated rings. The molecule has 0 aromatic heterocycles. The smallest absolute Gasteiger partial charge is 0.337 e. The number of carbonyl (C=O) groups is 3. The summed E-state index contributed by atoms with van der Waals surface area (Å²) in [5.74, 6) is -0.614. The summed E-state index contributed by atoms with van der Waals surface area (Å²) in [4.78, 5) is 37.2. The number of methoxy groups -OCH3 is 1. The van der Waals surface area contributed by atoms with E-state index in [-0.39, 0.29) is 18.5 Å². The van der Waals surface area contributed by atoms with Crippen molar-refractivity contribution < 1.29 is 19.1 Å². The van der Waals surface area contributed by atoms with Crippen LogP contribution in [0, 0.1) is 0 Å². The fourth-order valence-electron chi connectivity index (χ4n) is 2.60. The van der Waals surface area contributed by atoms with Gasteiger partial charge >= 0.3 is 12.0 Å². The Morgan fingerprint density at radius 1 is 1.18 bits per heavy atom. The fourth-order valence-corrected chi connectivity index (χ4v) is 2.60. The molecule has 1 aromatic rings. The Morgan fingerprint density at radius 3 is 2.23 bits per heavy atom. The number of nitrogens with zero attached hydrogens (tertiary/aromatic N) is 1. The molecular formula is C16H20N2O4. The Balaban J connectivity index is 2.15. The quantitative estimate of drug-likeness (QED) is 0.667. The van der Waals surface area contributed by atoms with Crippen molar-refractivity contribution in [2.75, 3.05) is 7.11 Å². The Morgan fingerprint density at radius 2 is 1.77 bits per heavy atom. The lowest BCUT2D eigenvalue weighted by Crippen LogP contribution is -2.45. The molecule has 3 amide bonds. The van der Waals surface area contributed by atoms with E-state index in [1.165, 1.54) is 12.0 Å². The molecule has 1 aliphatic heterocycles. The number of imide groups is 1. The van der Waals surface area contributed by atoms with Gasteiger partial charge in [0, 0.05) is 0 Å². The van der Waals surface area contributed by atoms with E-state index < -0.39 is 11.5 Å². The third-order valence-corrected chi connectivity index (χ3v) is 4.17. The van der Waals surface area contributed by atoms with Crippen LogP contribution in [0.25, 0.3) is 0 Å². The topological polar surface area (TPSA) is 75.7 Å². The molecule has 0 radical (unpaired) electrons. The molecule has 0 unspecified atom stereocenters. The molecule has 6 nitrogen and oxygen atoms in total. The van der Waals surface area contributed by atoms with Gasteiger partial charge < -0.3 is 10.1 Å². The molecule has 0 atom stereocenters. The third-order valence-electron chi connectivity index (χ3n) is 4.17. The van der Waals surface area contributed by atoms with Gasteiger partial charge in [-0.1, -0.05) is 26.0 Å². The highest BCUT2D eigenvalue weighted by Crippen LogP contribution is 2.26. The molecule has 1 aromatic carbocycles. The van der Waals surface area contributed by atoms with Crippen molar-refractivity contribution in [3.63, 3.8) is 0 Å². The Kier molecular flexibility index (Phi) is 4.49. The number of carbonyl (C=O) groups excluding carboxylic acids is 3. The van der Waals surface area contributed by atoms with Crippen LogP contribution in [0.3, 0.4) is 0 Å². The molecule has 118 valence electrons. The van der Waals surface area contributed by atoms with Crippen molar-refractivity contribution in [3.8, 4) is 0 Å². The SMILES string of the molecule is CCC1(CC)NC(=O)N(Cc2ccc(C(=O)OC)cc2)C1=O. The maximum absolute atomic E-state index is 12.5. The Hall–Kier alpha value is -2.37. The van der Waals surface area contributed by atoms with Crippen molar-refractivity contribution in [1.29, 1.82) is 0 Å². The lowest BCUT2D eigenvalue weighted by Gasteiger charge is -2.23. The van der Waals surface area contributed by atoms with Gasteiger partial charge in [0.05, 0.1) is 19.2 Å². The number of hydrogen-bond acceptors (Lipinski definition) is 4. The van der Waals surface area contributed by atoms with E-state index in [1.807, 2.05) is 13.8 Å². The van der Waals surface area contributed by atoms with Crippen molar-refractivity contribution >= 4 is 17.9 Å². The molecule has 1 N–H and O–H groups in total. The van der Waals surface area contributed by atoms with Gasteiger partial charge in [0.15, 0.2) is 0 Å². The van der Waals surface area contributed by atoms with E-state index >= 15 is 0 Å². The van der Waals surface area contributed by atoms with Crippen LogP contribution in [0.2, 0.25) is 0 Å². The molecule has 0 spiro atoms. The predicted octanol–water partition coefficient (Wildman–Crippen LogP) is 2.08. The lowest BCUT2D eigenvalue weighted by molar-refractivity contribution is -0.132. The van der Waals surface area contributed by atoms with Crippen LogP contribution in [-0.4, -0.2) is 35.5 Å². The summed E-state index contributed by atoms with van der Waals surface area (Å²) in [5.41, 5.74) is 0.419. The average Bonchev–Trinajstić information content (AvgIpc) is 2.79. The molecular weight excluding hydrogens is 284 g/mol. The van der Waals surface area contributed by atoms with Crippen LogP contribution in [0.15, 0.2) is 24.3 Å². The van der Waals surface area contributed by atoms with Crippen molar-refractivity contribution in [1.82, 2.24) is 10.2 Å². The molecule has 2 rings (SSSR count). The number of benzene rings is 1. The molecule has 22 heavy (non-hydrogen) atoms. The van der Waals surface area contributed by atoms with Gasteiger partial charge in [0.25, 0.3) is 5.91 Å². The number of ether oxygens (including phenoxy) is 1. The number of urea groups is 1. The second-order valence-corrected chi connectivity index (χ2v) is 5.30. The zero-order chi connectivity index (χ0) is 16.3. The minimum Gasteiger partial charge on any atom is -0.465 e. The number of amides is 3. The van der Waals surface area contributed by atoms with Gasteiger partial charge in [0.2, 0.25) is 0 Å². The van der Waals surface area contributed by atoms with Gasteiger partial charge in [-0.05, 0) is 30.5 Å². The van der Waals surface area contributed by atoms with E-state index in [0.29, 0.717) is 18.4 Å². The second kappa shape index (κ2) is 6.17. The van der Waals surface area contributed by atoms with Crippen molar-refractivity contribution in [2.45, 2.75) is 38.8 Å². The molecule has 1 heterocycles. The zero-order valence-electron chi connectivity index (χ0n) is 13.0. The highest BCUT2D eigenvalue weighted by Gasteiger charge is 2.48. The number of hydrogen-bond donors (Lipinski definition) is 1. The summed E-state index contributed by atoms with van der Waals surface area (Å²) in [6, 6.07) is 6.29. The standard InChI is InChI=1S/C16H20N2O4/c1-4-16(5-2)14(20)18(15(21)17-16)10-11-6-8-12(9-7-11)13(19)22-3/h6-9H,4-5,10H2,1-3H3,(H,17,21). The molecule has 0 bridgehead atoms. The van der Waals surface area contributed by atoms with Crippen LogP contribution >= 0.6 is 0 Å². The lowest BCUT2D eigenvalue weighted by atomic mass is 9.93. The number of esters is 1. The van der Waals surface area contributed by atoms with Gasteiger partial charge in [-0.15, -0.1) is 0 Å². The molecule has 0 aliphatic carbocycles. The van der Waals surface area contributed by atoms with Crippen LogP contribution in [0.4, 0.5) is 4.79 Å². The van der Waals surface area contributed by atoms with E-state index in [1.54, 1.807) is 24.3 Å². The summed E-state index contributed by atoms with van der Waals surface area (Å²) < 4.78 is 4.63. The zero-order valence-corrected chi connectivity index (χ0v) is 13.0. The summed E-state index contributed by atoms with van der Waals surface area (Å²) in [6.45, 7) is 3.96. The first kappa shape index (κ1) is 16.0. The first-order valence-electron chi connectivity index (χ1n) is 7.28. The second-order valence-electron chi connectivity index (χ2n) is 5.30. The van der Waals surface area contributed by atoms with E-state index in [4.69, 9.17) is 0 Å². The first-order chi connectivity index (χ1) is 10.5. The molecule has 0 saturated carbocycles. The number of nitrogens with one attached hydrogen (secondary N) is 1. The summed E-state index contributed by atoms with van der Waals surface area (Å²) in [6.07, 6.45) is 1.12. The maximum Gasteiger partial charge on any atom is 0.337 e. The molecule has 6 heteroatoms. The Bertz CT molecular complexity index is 591. The highest BCUT2D eigenvalue weighted by molar-refractivity contribution is 6.06. The van der Waals surface area contributed by atoms with Crippen molar-refractivity contribution in [2.24, 2.45) is 0 Å². The molecule has 1 aliphatic rings. The van der Waals surface area contributed by atoms with Gasteiger partial charge in [0.1, 0.15) is 5.54 Å². The normalized spacial score (nSPS) is 16.6. The summed E-state index contributed by atoms with van der Waals surface area (Å²) in [7, 11) is 1.32. The van der Waals surface area contributed by atoms with Gasteiger partial charge in [-0.2, -0.15) is 0 Å². The van der Waals surface area contributed by atoms with E-state index in [9.17, 15) is 14.4 Å². The predicted molar refractivity (Wildman–Crippen MR) is 80.2 cm³/mol. The monoisotopic (exact) mass is 304 g/mol. The first-order valence-corrected chi connectivity index (χ1v) is 7.28. The molecule has 1 saturated heterocycles. The van der Waals surface area contributed by atoms with E-state index in [2.05, 4.69) is 10.1 Å². The van der Waals surface area contributed by atoms with E-state index in [0.717, 1.165) is 5.56 Å². The van der Waals surface area contributed by atoms with Crippen LogP contribution < -0.4 is 5.32 Å². The fraction of sp³-hybridized carbons (Fsp3) is 0.438. The van der Waals surface area contributed by atoms with Crippen LogP contribution in [-0.2, 0) is 16.1 Å². The minimum absolute atomic E-state index is 0.188. The average molecular weight is 304 g/mol. The van der Waals surface area contributed by atoms with Crippen LogP contribution in [0.1, 0.15) is 42.6 Å². The minimum atomic E-state index is -0.789. The third kappa shape index (κ3) is 2.68. The summed E-state index contributed by atoms with van der Waals surface area (Å²) in [5, 5.41) is 2.79. The van der Waals surface area contributed by atoms with Gasteiger partial charge in [-0.3, -0.25) is 9.69 Å².